The first kappa shape index (κ1) is 19.2. The molecule has 1 amide bonds. The van der Waals surface area contributed by atoms with Crippen LogP contribution in [0.25, 0.3) is 0 Å². The Morgan fingerprint density at radius 2 is 2.12 bits per heavy atom. The number of benzene rings is 1. The molecule has 1 aliphatic heterocycles. The van der Waals surface area contributed by atoms with Crippen LogP contribution in [0.5, 0.6) is 11.5 Å². The summed E-state index contributed by atoms with van der Waals surface area (Å²) < 4.78 is 16.1. The van der Waals surface area contributed by atoms with Crippen molar-refractivity contribution in [2.75, 3.05) is 20.5 Å². The van der Waals surface area contributed by atoms with Gasteiger partial charge in [-0.2, -0.15) is 5.10 Å². The molecule has 0 saturated carbocycles. The second-order valence-electron chi connectivity index (χ2n) is 5.89. The lowest BCUT2D eigenvalue weighted by Crippen LogP contribution is -2.32. The number of hydrogen-bond acceptors (Lipinski definition) is 6. The fourth-order valence-corrected chi connectivity index (χ4v) is 2.88. The van der Waals surface area contributed by atoms with Gasteiger partial charge in [0.15, 0.2) is 18.3 Å². The van der Waals surface area contributed by atoms with Crippen LogP contribution in [-0.2, 0) is 14.3 Å². The summed E-state index contributed by atoms with van der Waals surface area (Å²) in [6, 6.07) is 1.82. The Labute approximate surface area is 151 Å². The zero-order valence-electron chi connectivity index (χ0n) is 14.6. The van der Waals surface area contributed by atoms with E-state index in [0.717, 1.165) is 5.56 Å². The lowest BCUT2D eigenvalue weighted by molar-refractivity contribution is -0.122. The first-order chi connectivity index (χ1) is 11.8. The highest BCUT2D eigenvalue weighted by atomic mass is 35.5. The van der Waals surface area contributed by atoms with E-state index >= 15 is 0 Å². The predicted octanol–water partition coefficient (Wildman–Crippen LogP) is 2.46. The highest BCUT2D eigenvalue weighted by Crippen LogP contribution is 2.41. The molecule has 8 heteroatoms. The number of ether oxygens (including phenoxy) is 3. The standard InChI is InChI=1S/C17H21ClN2O5/c1-9-6-13(22)19-20-15(9)12-5-10(2)16(24-7-11(3)21)14(18)17(12)25-8-23-4/h5,9H,6-8H2,1-4H3,(H,19,22). The highest BCUT2D eigenvalue weighted by molar-refractivity contribution is 6.34. The molecule has 0 bridgehead atoms. The van der Waals surface area contributed by atoms with Gasteiger partial charge in [-0.3, -0.25) is 9.59 Å². The average Bonchev–Trinajstić information content (AvgIpc) is 2.53. The number of nitrogens with one attached hydrogen (secondary N) is 1. The van der Waals surface area contributed by atoms with Gasteiger partial charge in [0.05, 0.1) is 5.71 Å². The van der Waals surface area contributed by atoms with Crippen LogP contribution in [0.15, 0.2) is 11.2 Å². The number of carbonyl (C=O) groups excluding carboxylic acids is 2. The van der Waals surface area contributed by atoms with Gasteiger partial charge >= 0.3 is 0 Å². The molecule has 1 aliphatic rings. The van der Waals surface area contributed by atoms with E-state index in [1.165, 1.54) is 14.0 Å². The van der Waals surface area contributed by atoms with Gasteiger partial charge in [-0.15, -0.1) is 0 Å². The summed E-state index contributed by atoms with van der Waals surface area (Å²) in [6.45, 7) is 5.05. The van der Waals surface area contributed by atoms with E-state index in [2.05, 4.69) is 10.5 Å². The molecule has 0 aromatic heterocycles. The van der Waals surface area contributed by atoms with Crippen molar-refractivity contribution < 1.29 is 23.8 Å². The summed E-state index contributed by atoms with van der Waals surface area (Å²) in [6.07, 6.45) is 0.321. The maximum Gasteiger partial charge on any atom is 0.240 e. The van der Waals surface area contributed by atoms with Crippen molar-refractivity contribution in [1.29, 1.82) is 0 Å². The quantitative estimate of drug-likeness (QED) is 0.747. The minimum absolute atomic E-state index is 0.0179. The van der Waals surface area contributed by atoms with Gasteiger partial charge in [0, 0.05) is 25.0 Å². The minimum Gasteiger partial charge on any atom is -0.484 e. The van der Waals surface area contributed by atoms with Gasteiger partial charge in [-0.25, -0.2) is 5.43 Å². The molecule has 1 heterocycles. The number of halogens is 1. The monoisotopic (exact) mass is 368 g/mol. The maximum absolute atomic E-state index is 11.5. The van der Waals surface area contributed by atoms with Crippen LogP contribution < -0.4 is 14.9 Å². The Balaban J connectivity index is 2.51. The molecule has 0 radical (unpaired) electrons. The van der Waals surface area contributed by atoms with Crippen molar-refractivity contribution in [3.8, 4) is 11.5 Å². The molecule has 0 spiro atoms. The van der Waals surface area contributed by atoms with E-state index in [-0.39, 0.29) is 36.0 Å². The first-order valence-corrected chi connectivity index (χ1v) is 8.16. The second-order valence-corrected chi connectivity index (χ2v) is 6.27. The fraction of sp³-hybridized carbons (Fsp3) is 0.471. The number of nitrogens with zero attached hydrogens (tertiary/aromatic N) is 1. The molecule has 1 aromatic rings. The zero-order chi connectivity index (χ0) is 18.6. The molecular weight excluding hydrogens is 348 g/mol. The molecule has 1 atom stereocenters. The molecule has 2 rings (SSSR count). The third kappa shape index (κ3) is 4.49. The van der Waals surface area contributed by atoms with Gasteiger partial charge in [0.25, 0.3) is 0 Å². The van der Waals surface area contributed by atoms with Crippen LogP contribution in [0.1, 0.15) is 31.4 Å². The molecule has 1 aromatic carbocycles. The third-order valence-electron chi connectivity index (χ3n) is 3.64. The lowest BCUT2D eigenvalue weighted by atomic mass is 9.92. The van der Waals surface area contributed by atoms with Crippen LogP contribution in [0, 0.1) is 12.8 Å². The molecule has 7 nitrogen and oxygen atoms in total. The van der Waals surface area contributed by atoms with Gasteiger partial charge in [0.1, 0.15) is 17.4 Å². The summed E-state index contributed by atoms with van der Waals surface area (Å²) >= 11 is 6.47. The Hall–Kier alpha value is -2.12. The Morgan fingerprint density at radius 3 is 2.72 bits per heavy atom. The highest BCUT2D eigenvalue weighted by Gasteiger charge is 2.27. The van der Waals surface area contributed by atoms with Crippen LogP contribution >= 0.6 is 11.6 Å². The molecule has 0 fully saturated rings. The number of carbonyl (C=O) groups is 2. The molecule has 136 valence electrons. The van der Waals surface area contributed by atoms with E-state index in [1.807, 2.05) is 19.9 Å². The summed E-state index contributed by atoms with van der Waals surface area (Å²) in [5.41, 5.74) is 4.53. The number of methoxy groups -OCH3 is 1. The predicted molar refractivity (Wildman–Crippen MR) is 93.3 cm³/mol. The fourth-order valence-electron chi connectivity index (χ4n) is 2.52. The second kappa shape index (κ2) is 8.31. The first-order valence-electron chi connectivity index (χ1n) is 7.79. The van der Waals surface area contributed by atoms with Crippen molar-refractivity contribution in [2.24, 2.45) is 11.0 Å². The molecule has 1 unspecified atom stereocenters. The van der Waals surface area contributed by atoms with E-state index < -0.39 is 0 Å². The van der Waals surface area contributed by atoms with E-state index in [9.17, 15) is 9.59 Å². The largest absolute Gasteiger partial charge is 0.484 e. The van der Waals surface area contributed by atoms with Crippen LogP contribution in [0.4, 0.5) is 0 Å². The number of ketones is 1. The van der Waals surface area contributed by atoms with Crippen LogP contribution in [0.3, 0.4) is 0 Å². The van der Waals surface area contributed by atoms with Crippen molar-refractivity contribution in [1.82, 2.24) is 5.43 Å². The lowest BCUT2D eigenvalue weighted by Gasteiger charge is -2.23. The summed E-state index contributed by atoms with van der Waals surface area (Å²) in [4.78, 5) is 22.7. The average molecular weight is 369 g/mol. The number of amides is 1. The van der Waals surface area contributed by atoms with Crippen molar-refractivity contribution in [3.05, 3.63) is 22.2 Å². The van der Waals surface area contributed by atoms with Gasteiger partial charge < -0.3 is 14.2 Å². The molecule has 25 heavy (non-hydrogen) atoms. The SMILES string of the molecule is COCOc1c(C2=NNC(=O)CC2C)cc(C)c(OCC(C)=O)c1Cl. The van der Waals surface area contributed by atoms with E-state index in [0.29, 0.717) is 29.2 Å². The summed E-state index contributed by atoms with van der Waals surface area (Å²) in [7, 11) is 1.50. The minimum atomic E-state index is -0.139. The number of hydrogen-bond donors (Lipinski definition) is 1. The number of hydrazone groups is 1. The Morgan fingerprint density at radius 1 is 1.40 bits per heavy atom. The maximum atomic E-state index is 11.5. The van der Waals surface area contributed by atoms with E-state index in [1.54, 1.807) is 0 Å². The topological polar surface area (TPSA) is 86.2 Å². The number of aryl methyl sites for hydroxylation is 1. The number of rotatable bonds is 7. The summed E-state index contributed by atoms with van der Waals surface area (Å²) in [5, 5.41) is 4.40. The Bertz CT molecular complexity index is 717. The molecule has 0 aliphatic carbocycles. The smallest absolute Gasteiger partial charge is 0.240 e. The number of Topliss-reactive ketones (excluding diaryl/α,β-unsaturated/α-hetero) is 1. The molecule has 1 N–H and O–H groups in total. The summed E-state index contributed by atoms with van der Waals surface area (Å²) in [5.74, 6) is 0.360. The van der Waals surface area contributed by atoms with Crippen LogP contribution in [-0.4, -0.2) is 37.9 Å². The third-order valence-corrected chi connectivity index (χ3v) is 3.98. The van der Waals surface area contributed by atoms with Crippen molar-refractivity contribution in [2.45, 2.75) is 27.2 Å². The van der Waals surface area contributed by atoms with Gasteiger partial charge in [-0.05, 0) is 25.5 Å². The van der Waals surface area contributed by atoms with Gasteiger partial charge in [0.2, 0.25) is 5.91 Å². The zero-order valence-corrected chi connectivity index (χ0v) is 15.4. The van der Waals surface area contributed by atoms with Crippen molar-refractivity contribution >= 4 is 29.0 Å². The molecule has 0 saturated heterocycles. The van der Waals surface area contributed by atoms with Crippen molar-refractivity contribution in [3.63, 3.8) is 0 Å². The normalized spacial score (nSPS) is 16.9. The molecular formula is C17H21ClN2O5. The van der Waals surface area contributed by atoms with Crippen LogP contribution in [0.2, 0.25) is 5.02 Å². The van der Waals surface area contributed by atoms with E-state index in [4.69, 9.17) is 25.8 Å². The van der Waals surface area contributed by atoms with Gasteiger partial charge in [-0.1, -0.05) is 18.5 Å². The Kier molecular flexibility index (Phi) is 6.39.